The van der Waals surface area contributed by atoms with Crippen molar-refractivity contribution in [1.82, 2.24) is 0 Å². The van der Waals surface area contributed by atoms with Gasteiger partial charge in [-0.05, 0) is 39.0 Å². The average Bonchev–Trinajstić information content (AvgIpc) is 2.55. The molecule has 0 aromatic rings. The zero-order valence-electron chi connectivity index (χ0n) is 9.58. The van der Waals surface area contributed by atoms with Gasteiger partial charge in [-0.3, -0.25) is 9.59 Å². The van der Waals surface area contributed by atoms with Crippen molar-refractivity contribution in [3.63, 3.8) is 0 Å². The molecule has 3 heteroatoms. The highest BCUT2D eigenvalue weighted by atomic mass is 16.6. The number of Topliss-reactive ketones (excluding diaryl/α,β-unsaturated/α-hetero) is 1. The molecule has 0 amide bonds. The van der Waals surface area contributed by atoms with E-state index in [0.717, 1.165) is 12.8 Å². The molecule has 2 saturated carbocycles. The van der Waals surface area contributed by atoms with Crippen LogP contribution in [0.25, 0.3) is 0 Å². The molecule has 2 rings (SSSR count). The van der Waals surface area contributed by atoms with Gasteiger partial charge in [-0.1, -0.05) is 0 Å². The fraction of sp³-hybridized carbons (Fsp3) is 0.833. The maximum Gasteiger partial charge on any atom is 0.306 e. The molecule has 84 valence electrons. The molecule has 3 nitrogen and oxygen atoms in total. The first kappa shape index (κ1) is 10.7. The molecule has 3 atom stereocenters. The van der Waals surface area contributed by atoms with Crippen LogP contribution in [0.1, 0.15) is 40.0 Å². The Morgan fingerprint density at radius 3 is 2.60 bits per heavy atom. The Hall–Kier alpha value is -0.860. The standard InChI is InChI=1S/C12H18O3/c1-12(2,3)15-10(14)6-8-7-4-5-9(13)11(7)8/h7-8,11H,4-6H2,1-3H3/t7-,8?,11-/m0/s1. The third-order valence-electron chi connectivity index (χ3n) is 3.25. The first-order valence-corrected chi connectivity index (χ1v) is 5.63. The fourth-order valence-electron chi connectivity index (χ4n) is 2.65. The van der Waals surface area contributed by atoms with Crippen LogP contribution in [0.3, 0.4) is 0 Å². The molecular weight excluding hydrogens is 192 g/mol. The summed E-state index contributed by atoms with van der Waals surface area (Å²) in [5, 5.41) is 0. The topological polar surface area (TPSA) is 43.4 Å². The predicted octanol–water partition coefficient (Wildman–Crippen LogP) is 1.94. The van der Waals surface area contributed by atoms with Crippen LogP contribution >= 0.6 is 0 Å². The number of hydrogen-bond donors (Lipinski definition) is 0. The first-order chi connectivity index (χ1) is 6.88. The third kappa shape index (κ3) is 2.21. The van der Waals surface area contributed by atoms with Gasteiger partial charge in [0.15, 0.2) is 0 Å². The van der Waals surface area contributed by atoms with E-state index in [-0.39, 0.29) is 11.9 Å². The molecule has 0 aliphatic heterocycles. The first-order valence-electron chi connectivity index (χ1n) is 5.63. The molecule has 1 unspecified atom stereocenters. The summed E-state index contributed by atoms with van der Waals surface area (Å²) in [5.74, 6) is 1.17. The Kier molecular flexibility index (Phi) is 2.36. The van der Waals surface area contributed by atoms with E-state index in [1.54, 1.807) is 0 Å². The van der Waals surface area contributed by atoms with Crippen LogP contribution in [-0.4, -0.2) is 17.4 Å². The number of fused-ring (bicyclic) bond motifs is 1. The minimum Gasteiger partial charge on any atom is -0.460 e. The van der Waals surface area contributed by atoms with Gasteiger partial charge in [0.25, 0.3) is 0 Å². The zero-order chi connectivity index (χ0) is 11.2. The van der Waals surface area contributed by atoms with Gasteiger partial charge in [0.1, 0.15) is 11.4 Å². The van der Waals surface area contributed by atoms with Crippen molar-refractivity contribution in [2.45, 2.75) is 45.6 Å². The van der Waals surface area contributed by atoms with E-state index in [1.165, 1.54) is 0 Å². The maximum atomic E-state index is 11.5. The second kappa shape index (κ2) is 3.32. The Morgan fingerprint density at radius 1 is 1.47 bits per heavy atom. The number of rotatable bonds is 2. The highest BCUT2D eigenvalue weighted by Gasteiger charge is 2.58. The molecule has 0 bridgehead atoms. The molecule has 0 spiro atoms. The Morgan fingerprint density at radius 2 is 2.13 bits per heavy atom. The van der Waals surface area contributed by atoms with Gasteiger partial charge in [0, 0.05) is 18.8 Å². The largest absolute Gasteiger partial charge is 0.460 e. The van der Waals surface area contributed by atoms with Gasteiger partial charge < -0.3 is 4.74 Å². The van der Waals surface area contributed by atoms with Crippen LogP contribution in [0.2, 0.25) is 0 Å². The van der Waals surface area contributed by atoms with Crippen LogP contribution in [0.4, 0.5) is 0 Å². The molecule has 0 aromatic carbocycles. The van der Waals surface area contributed by atoms with E-state index in [9.17, 15) is 9.59 Å². The number of ketones is 1. The van der Waals surface area contributed by atoms with Crippen molar-refractivity contribution in [3.8, 4) is 0 Å². The average molecular weight is 210 g/mol. The molecule has 2 aliphatic carbocycles. The number of esters is 1. The summed E-state index contributed by atoms with van der Waals surface area (Å²) in [6.45, 7) is 5.59. The van der Waals surface area contributed by atoms with Crippen LogP contribution in [0.15, 0.2) is 0 Å². The lowest BCUT2D eigenvalue weighted by atomic mass is 10.1. The zero-order valence-corrected chi connectivity index (χ0v) is 9.58. The highest BCUT2D eigenvalue weighted by Crippen LogP contribution is 2.57. The quantitative estimate of drug-likeness (QED) is 0.654. The molecule has 0 radical (unpaired) electrons. The monoisotopic (exact) mass is 210 g/mol. The number of hydrogen-bond acceptors (Lipinski definition) is 3. The Balaban J connectivity index is 1.80. The minimum absolute atomic E-state index is 0.158. The fourth-order valence-corrected chi connectivity index (χ4v) is 2.65. The van der Waals surface area contributed by atoms with E-state index in [4.69, 9.17) is 4.74 Å². The SMILES string of the molecule is CC(C)(C)OC(=O)CC1[C@H]2C(=O)CC[C@@H]12. The van der Waals surface area contributed by atoms with Crippen molar-refractivity contribution in [1.29, 1.82) is 0 Å². The lowest BCUT2D eigenvalue weighted by molar-refractivity contribution is -0.155. The second-order valence-electron chi connectivity index (χ2n) is 5.65. The molecule has 0 N–H and O–H groups in total. The van der Waals surface area contributed by atoms with E-state index >= 15 is 0 Å². The van der Waals surface area contributed by atoms with Crippen LogP contribution in [0, 0.1) is 17.8 Å². The van der Waals surface area contributed by atoms with E-state index in [2.05, 4.69) is 0 Å². The smallest absolute Gasteiger partial charge is 0.306 e. The van der Waals surface area contributed by atoms with Gasteiger partial charge in [-0.2, -0.15) is 0 Å². The Labute approximate surface area is 90.2 Å². The van der Waals surface area contributed by atoms with E-state index in [0.29, 0.717) is 24.0 Å². The second-order valence-corrected chi connectivity index (χ2v) is 5.65. The van der Waals surface area contributed by atoms with Crippen molar-refractivity contribution in [2.75, 3.05) is 0 Å². The summed E-state index contributed by atoms with van der Waals surface area (Å²) in [4.78, 5) is 22.9. The lowest BCUT2D eigenvalue weighted by Gasteiger charge is -2.19. The summed E-state index contributed by atoms with van der Waals surface area (Å²) in [6, 6.07) is 0. The van der Waals surface area contributed by atoms with Crippen molar-refractivity contribution < 1.29 is 14.3 Å². The van der Waals surface area contributed by atoms with Gasteiger partial charge in [-0.15, -0.1) is 0 Å². The third-order valence-corrected chi connectivity index (χ3v) is 3.25. The summed E-state index contributed by atoms with van der Waals surface area (Å²) >= 11 is 0. The summed E-state index contributed by atoms with van der Waals surface area (Å²) in [5.41, 5.74) is -0.412. The molecule has 15 heavy (non-hydrogen) atoms. The summed E-state index contributed by atoms with van der Waals surface area (Å²) in [7, 11) is 0. The molecule has 2 fully saturated rings. The van der Waals surface area contributed by atoms with Crippen molar-refractivity contribution in [2.24, 2.45) is 17.8 Å². The number of carbonyl (C=O) groups is 2. The molecule has 0 saturated heterocycles. The predicted molar refractivity (Wildman–Crippen MR) is 55.2 cm³/mol. The van der Waals surface area contributed by atoms with E-state index < -0.39 is 5.60 Å². The molecular formula is C12H18O3. The number of ether oxygens (including phenoxy) is 1. The van der Waals surface area contributed by atoms with Crippen LogP contribution in [-0.2, 0) is 14.3 Å². The van der Waals surface area contributed by atoms with Gasteiger partial charge in [-0.25, -0.2) is 0 Å². The molecule has 0 aromatic heterocycles. The molecule has 2 aliphatic rings. The van der Waals surface area contributed by atoms with Crippen LogP contribution in [0.5, 0.6) is 0 Å². The van der Waals surface area contributed by atoms with Crippen LogP contribution < -0.4 is 0 Å². The summed E-state index contributed by atoms with van der Waals surface area (Å²) < 4.78 is 5.24. The van der Waals surface area contributed by atoms with Crippen molar-refractivity contribution >= 4 is 11.8 Å². The normalized spacial score (nSPS) is 33.8. The van der Waals surface area contributed by atoms with E-state index in [1.807, 2.05) is 20.8 Å². The number of carbonyl (C=O) groups excluding carboxylic acids is 2. The van der Waals surface area contributed by atoms with Crippen molar-refractivity contribution in [3.05, 3.63) is 0 Å². The highest BCUT2D eigenvalue weighted by molar-refractivity contribution is 5.88. The van der Waals surface area contributed by atoms with Gasteiger partial charge in [0.2, 0.25) is 0 Å². The summed E-state index contributed by atoms with van der Waals surface area (Å²) in [6.07, 6.45) is 2.13. The maximum absolute atomic E-state index is 11.5. The van der Waals surface area contributed by atoms with Gasteiger partial charge >= 0.3 is 5.97 Å². The lowest BCUT2D eigenvalue weighted by Crippen LogP contribution is -2.24. The minimum atomic E-state index is -0.412. The molecule has 0 heterocycles. The van der Waals surface area contributed by atoms with Gasteiger partial charge in [0.05, 0.1) is 0 Å². The Bertz CT molecular complexity index is 300.